The second-order valence-electron chi connectivity index (χ2n) is 3.24. The summed E-state index contributed by atoms with van der Waals surface area (Å²) in [6.07, 6.45) is 1.57. The second kappa shape index (κ2) is 5.75. The molecule has 0 saturated heterocycles. The largest absolute Gasteiger partial charge is 0.464 e. The highest BCUT2D eigenvalue weighted by Gasteiger charge is 2.41. The maximum Gasteiger partial charge on any atom is 0.345 e. The van der Waals surface area contributed by atoms with Gasteiger partial charge >= 0.3 is 5.97 Å². The predicted octanol–water partition coefficient (Wildman–Crippen LogP) is 1.06. The number of carbonyl (C=O) groups excluding carboxylic acids is 2. The van der Waals surface area contributed by atoms with Crippen molar-refractivity contribution in [3.05, 3.63) is 0 Å². The molecular formula is C10H18O4. The summed E-state index contributed by atoms with van der Waals surface area (Å²) in [5.41, 5.74) is -1.94. The molecule has 4 heteroatoms. The minimum Gasteiger partial charge on any atom is -0.464 e. The van der Waals surface area contributed by atoms with Gasteiger partial charge in [-0.1, -0.05) is 13.3 Å². The first-order valence-corrected chi connectivity index (χ1v) is 4.89. The molecule has 0 aromatic carbocycles. The van der Waals surface area contributed by atoms with Gasteiger partial charge in [-0.2, -0.15) is 0 Å². The molecule has 0 rings (SSSR count). The zero-order valence-corrected chi connectivity index (χ0v) is 9.00. The zero-order valence-electron chi connectivity index (χ0n) is 9.00. The minimum atomic E-state index is -1.94. The van der Waals surface area contributed by atoms with Crippen molar-refractivity contribution in [1.82, 2.24) is 0 Å². The number of hydrogen-bond donors (Lipinski definition) is 1. The lowest BCUT2D eigenvalue weighted by molar-refractivity contribution is -0.170. The van der Waals surface area contributed by atoms with Crippen LogP contribution >= 0.6 is 0 Å². The molecule has 0 radical (unpaired) electrons. The van der Waals surface area contributed by atoms with Crippen LogP contribution in [-0.4, -0.2) is 29.1 Å². The minimum absolute atomic E-state index is 0.137. The quantitative estimate of drug-likeness (QED) is 0.516. The molecule has 0 aromatic rings. The molecule has 0 bridgehead atoms. The Morgan fingerprint density at radius 2 is 1.93 bits per heavy atom. The summed E-state index contributed by atoms with van der Waals surface area (Å²) < 4.78 is 4.66. The van der Waals surface area contributed by atoms with Gasteiger partial charge in [-0.15, -0.1) is 0 Å². The highest BCUT2D eigenvalue weighted by Crippen LogP contribution is 2.17. The first kappa shape index (κ1) is 13.1. The lowest BCUT2D eigenvalue weighted by Crippen LogP contribution is -2.46. The summed E-state index contributed by atoms with van der Waals surface area (Å²) in [6.45, 7) is 4.93. The maximum atomic E-state index is 11.3. The van der Waals surface area contributed by atoms with Gasteiger partial charge in [0.05, 0.1) is 6.61 Å². The number of rotatable bonds is 6. The Bertz CT molecular complexity index is 212. The van der Waals surface area contributed by atoms with Gasteiger partial charge in [0.25, 0.3) is 0 Å². The van der Waals surface area contributed by atoms with Crippen LogP contribution in [0.25, 0.3) is 0 Å². The average Bonchev–Trinajstić information content (AvgIpc) is 2.14. The van der Waals surface area contributed by atoms with Crippen LogP contribution in [0.4, 0.5) is 0 Å². The van der Waals surface area contributed by atoms with Crippen molar-refractivity contribution in [1.29, 1.82) is 0 Å². The van der Waals surface area contributed by atoms with Crippen LogP contribution in [0.3, 0.4) is 0 Å². The zero-order chi connectivity index (χ0) is 11.2. The number of esters is 1. The van der Waals surface area contributed by atoms with E-state index in [1.165, 1.54) is 6.92 Å². The van der Waals surface area contributed by atoms with E-state index in [1.807, 2.05) is 6.92 Å². The van der Waals surface area contributed by atoms with Gasteiger partial charge in [0.15, 0.2) is 5.78 Å². The first-order chi connectivity index (χ1) is 6.49. The molecule has 14 heavy (non-hydrogen) atoms. The lowest BCUT2D eigenvalue weighted by atomic mass is 9.93. The number of carbonyl (C=O) groups is 2. The van der Waals surface area contributed by atoms with Crippen LogP contribution < -0.4 is 0 Å². The van der Waals surface area contributed by atoms with Crippen molar-refractivity contribution < 1.29 is 19.4 Å². The van der Waals surface area contributed by atoms with Gasteiger partial charge < -0.3 is 9.84 Å². The Kier molecular flexibility index (Phi) is 5.38. The van der Waals surface area contributed by atoms with E-state index in [0.29, 0.717) is 6.42 Å². The molecular weight excluding hydrogens is 184 g/mol. The van der Waals surface area contributed by atoms with E-state index in [2.05, 4.69) is 4.74 Å². The van der Waals surface area contributed by atoms with Gasteiger partial charge in [-0.05, 0) is 26.7 Å². The number of Topliss-reactive ketones (excluding diaryl/α,β-unsaturated/α-hetero) is 1. The van der Waals surface area contributed by atoms with Crippen LogP contribution in [0, 0.1) is 0 Å². The van der Waals surface area contributed by atoms with Crippen LogP contribution in [-0.2, 0) is 14.3 Å². The van der Waals surface area contributed by atoms with Crippen LogP contribution in [0.2, 0.25) is 0 Å². The Hall–Kier alpha value is -0.900. The average molecular weight is 202 g/mol. The molecule has 0 heterocycles. The molecule has 0 saturated carbocycles. The summed E-state index contributed by atoms with van der Waals surface area (Å²) >= 11 is 0. The van der Waals surface area contributed by atoms with Crippen molar-refractivity contribution >= 4 is 11.8 Å². The van der Waals surface area contributed by atoms with Gasteiger partial charge in [0.1, 0.15) is 0 Å². The molecule has 0 spiro atoms. The van der Waals surface area contributed by atoms with E-state index in [1.54, 1.807) is 6.92 Å². The first-order valence-electron chi connectivity index (χ1n) is 4.89. The van der Waals surface area contributed by atoms with E-state index in [-0.39, 0.29) is 13.0 Å². The fourth-order valence-corrected chi connectivity index (χ4v) is 1.10. The van der Waals surface area contributed by atoms with Crippen molar-refractivity contribution in [2.24, 2.45) is 0 Å². The molecule has 0 aliphatic heterocycles. The monoisotopic (exact) mass is 202 g/mol. The van der Waals surface area contributed by atoms with Crippen LogP contribution in [0.5, 0.6) is 0 Å². The summed E-state index contributed by atoms with van der Waals surface area (Å²) in [5.74, 6) is -1.38. The van der Waals surface area contributed by atoms with Crippen molar-refractivity contribution in [2.45, 2.75) is 45.6 Å². The number of aliphatic hydroxyl groups is 1. The van der Waals surface area contributed by atoms with E-state index in [4.69, 9.17) is 0 Å². The van der Waals surface area contributed by atoms with Gasteiger partial charge in [-0.3, -0.25) is 4.79 Å². The van der Waals surface area contributed by atoms with Gasteiger partial charge in [0.2, 0.25) is 5.60 Å². The van der Waals surface area contributed by atoms with Gasteiger partial charge in [-0.25, -0.2) is 4.79 Å². The third kappa shape index (κ3) is 3.10. The predicted molar refractivity (Wildman–Crippen MR) is 51.8 cm³/mol. The number of unbranched alkanes of at least 4 members (excludes halogenated alkanes) is 1. The van der Waals surface area contributed by atoms with Gasteiger partial charge in [0, 0.05) is 0 Å². The van der Waals surface area contributed by atoms with Crippen LogP contribution in [0.1, 0.15) is 40.0 Å². The fraction of sp³-hybridized carbons (Fsp3) is 0.800. The molecule has 0 amide bonds. The second-order valence-corrected chi connectivity index (χ2v) is 3.24. The van der Waals surface area contributed by atoms with Crippen molar-refractivity contribution in [3.8, 4) is 0 Å². The third-order valence-corrected chi connectivity index (χ3v) is 2.09. The third-order valence-electron chi connectivity index (χ3n) is 2.09. The molecule has 0 aromatic heterocycles. The smallest absolute Gasteiger partial charge is 0.345 e. The Morgan fingerprint density at radius 1 is 1.36 bits per heavy atom. The Balaban J connectivity index is 4.53. The highest BCUT2D eigenvalue weighted by molar-refractivity contribution is 6.05. The Labute approximate surface area is 84.3 Å². The molecule has 82 valence electrons. The highest BCUT2D eigenvalue weighted by atomic mass is 16.5. The molecule has 0 aliphatic carbocycles. The molecule has 4 nitrogen and oxygen atoms in total. The summed E-state index contributed by atoms with van der Waals surface area (Å²) in [5, 5.41) is 9.80. The summed E-state index contributed by atoms with van der Waals surface area (Å²) in [7, 11) is 0. The standard InChI is InChI=1S/C10H18O4/c1-4-6-7-10(13,8(3)11)9(12)14-5-2/h13H,4-7H2,1-3H3. The lowest BCUT2D eigenvalue weighted by Gasteiger charge is -2.22. The maximum absolute atomic E-state index is 11.3. The SMILES string of the molecule is CCCCC(O)(C(C)=O)C(=O)OCC. The molecule has 0 aliphatic rings. The summed E-state index contributed by atoms with van der Waals surface area (Å²) in [4.78, 5) is 22.5. The fourth-order valence-electron chi connectivity index (χ4n) is 1.10. The molecule has 0 fully saturated rings. The van der Waals surface area contributed by atoms with E-state index >= 15 is 0 Å². The molecule has 1 N–H and O–H groups in total. The topological polar surface area (TPSA) is 63.6 Å². The normalized spacial score (nSPS) is 14.6. The Morgan fingerprint density at radius 3 is 2.29 bits per heavy atom. The van der Waals surface area contributed by atoms with Crippen molar-refractivity contribution in [3.63, 3.8) is 0 Å². The molecule has 1 unspecified atom stereocenters. The van der Waals surface area contributed by atoms with E-state index in [9.17, 15) is 14.7 Å². The van der Waals surface area contributed by atoms with E-state index in [0.717, 1.165) is 6.42 Å². The summed E-state index contributed by atoms with van der Waals surface area (Å²) in [6, 6.07) is 0. The number of ether oxygens (including phenoxy) is 1. The number of ketones is 1. The number of hydrogen-bond acceptors (Lipinski definition) is 4. The van der Waals surface area contributed by atoms with Crippen molar-refractivity contribution in [2.75, 3.05) is 6.61 Å². The van der Waals surface area contributed by atoms with Crippen LogP contribution in [0.15, 0.2) is 0 Å². The van der Waals surface area contributed by atoms with E-state index < -0.39 is 17.4 Å². The molecule has 1 atom stereocenters.